The van der Waals surface area contributed by atoms with Gasteiger partial charge in [0, 0.05) is 24.9 Å². The van der Waals surface area contributed by atoms with E-state index in [1.165, 1.54) is 0 Å². The van der Waals surface area contributed by atoms with Crippen molar-refractivity contribution < 1.29 is 19.1 Å². The number of fused-ring (bicyclic) bond motifs is 2. The molecule has 1 aliphatic heterocycles. The Morgan fingerprint density at radius 1 is 1.26 bits per heavy atom. The second-order valence-corrected chi connectivity index (χ2v) is 6.18. The van der Waals surface area contributed by atoms with Gasteiger partial charge in [-0.3, -0.25) is 14.4 Å². The van der Waals surface area contributed by atoms with Gasteiger partial charge in [-0.2, -0.15) is 0 Å². The number of ether oxygens (including phenoxy) is 1. The van der Waals surface area contributed by atoms with Crippen LogP contribution in [0.5, 0.6) is 0 Å². The molecule has 0 spiro atoms. The van der Waals surface area contributed by atoms with Gasteiger partial charge in [-0.15, -0.1) is 0 Å². The molecule has 1 saturated heterocycles. The second kappa shape index (κ2) is 6.52. The summed E-state index contributed by atoms with van der Waals surface area (Å²) in [5.74, 6) is -2.28. The molecule has 2 aliphatic rings. The maximum atomic E-state index is 12.9. The number of nitrogens with zero attached hydrogens (tertiary/aromatic N) is 1. The summed E-state index contributed by atoms with van der Waals surface area (Å²) in [7, 11) is 0. The quantitative estimate of drug-likeness (QED) is 0.629. The molecule has 2 bridgehead atoms. The fourth-order valence-corrected chi connectivity index (χ4v) is 3.66. The molecule has 3 unspecified atom stereocenters. The van der Waals surface area contributed by atoms with E-state index >= 15 is 0 Å². The van der Waals surface area contributed by atoms with E-state index in [2.05, 4.69) is 0 Å². The Kier molecular flexibility index (Phi) is 4.46. The number of rotatable bonds is 4. The van der Waals surface area contributed by atoms with E-state index in [1.54, 1.807) is 11.8 Å². The third-order valence-electron chi connectivity index (χ3n) is 4.79. The van der Waals surface area contributed by atoms with Crippen LogP contribution in [0.15, 0.2) is 30.3 Å². The highest BCUT2D eigenvalue weighted by atomic mass is 16.5. The number of ketones is 1. The third-order valence-corrected chi connectivity index (χ3v) is 4.79. The fourth-order valence-electron chi connectivity index (χ4n) is 3.66. The number of carbonyl (C=O) groups is 3. The van der Waals surface area contributed by atoms with E-state index in [0.29, 0.717) is 25.8 Å². The van der Waals surface area contributed by atoms with Crippen LogP contribution in [0.3, 0.4) is 0 Å². The number of likely N-dealkylation sites (tertiary alicyclic amines) is 1. The van der Waals surface area contributed by atoms with Crippen molar-refractivity contribution in [2.75, 3.05) is 6.61 Å². The number of amides is 1. The average molecular weight is 315 g/mol. The predicted octanol–water partition coefficient (Wildman–Crippen LogP) is 1.95. The first-order chi connectivity index (χ1) is 11.1. The van der Waals surface area contributed by atoms with Crippen LogP contribution in [0, 0.1) is 11.8 Å². The van der Waals surface area contributed by atoms with Gasteiger partial charge >= 0.3 is 5.97 Å². The molecule has 1 heterocycles. The smallest absolute Gasteiger partial charge is 0.319 e. The summed E-state index contributed by atoms with van der Waals surface area (Å²) < 4.78 is 5.05. The van der Waals surface area contributed by atoms with E-state index < -0.39 is 17.8 Å². The first-order valence-corrected chi connectivity index (χ1v) is 8.15. The number of benzene rings is 1. The first kappa shape index (κ1) is 15.7. The zero-order chi connectivity index (χ0) is 16.4. The zero-order valence-corrected chi connectivity index (χ0v) is 13.2. The maximum absolute atomic E-state index is 12.9. The van der Waals surface area contributed by atoms with Gasteiger partial charge in [0.15, 0.2) is 0 Å². The fraction of sp³-hybridized carbons (Fsp3) is 0.500. The van der Waals surface area contributed by atoms with Crippen molar-refractivity contribution in [2.24, 2.45) is 11.8 Å². The van der Waals surface area contributed by atoms with E-state index in [-0.39, 0.29) is 24.3 Å². The minimum Gasteiger partial charge on any atom is -0.465 e. The van der Waals surface area contributed by atoms with Gasteiger partial charge < -0.3 is 9.64 Å². The molecule has 23 heavy (non-hydrogen) atoms. The number of hydrogen-bond acceptors (Lipinski definition) is 4. The van der Waals surface area contributed by atoms with Gasteiger partial charge in [0.1, 0.15) is 11.7 Å². The number of piperidine rings is 1. The van der Waals surface area contributed by atoms with Crippen molar-refractivity contribution in [3.05, 3.63) is 35.9 Å². The molecule has 3 atom stereocenters. The van der Waals surface area contributed by atoms with Crippen molar-refractivity contribution in [1.29, 1.82) is 0 Å². The molecule has 2 fully saturated rings. The SMILES string of the molecule is CCOC(=O)C1C(=O)N(Cc2ccccc2)C2CCC(=O)C1C2. The minimum absolute atomic E-state index is 0.0204. The number of Topliss-reactive ketones (excluding diaryl/α,β-unsaturated/α-hetero) is 1. The van der Waals surface area contributed by atoms with Gasteiger partial charge in [-0.25, -0.2) is 0 Å². The highest BCUT2D eigenvalue weighted by molar-refractivity contribution is 6.04. The Morgan fingerprint density at radius 2 is 2.00 bits per heavy atom. The Morgan fingerprint density at radius 3 is 2.70 bits per heavy atom. The van der Waals surface area contributed by atoms with Crippen LogP contribution in [-0.4, -0.2) is 35.2 Å². The molecule has 0 aromatic heterocycles. The monoisotopic (exact) mass is 315 g/mol. The normalized spacial score (nSPS) is 27.0. The molecule has 1 aromatic carbocycles. The number of hydrogen-bond donors (Lipinski definition) is 0. The first-order valence-electron chi connectivity index (χ1n) is 8.15. The Balaban J connectivity index is 1.86. The summed E-state index contributed by atoms with van der Waals surface area (Å²) in [4.78, 5) is 39.0. The third kappa shape index (κ3) is 3.00. The van der Waals surface area contributed by atoms with Crippen molar-refractivity contribution in [3.63, 3.8) is 0 Å². The molecule has 5 nitrogen and oxygen atoms in total. The summed E-state index contributed by atoms with van der Waals surface area (Å²) in [6, 6.07) is 9.76. The molecule has 1 aliphatic carbocycles. The van der Waals surface area contributed by atoms with E-state index in [0.717, 1.165) is 5.56 Å². The highest BCUT2D eigenvalue weighted by Gasteiger charge is 2.51. The molecule has 1 saturated carbocycles. The largest absolute Gasteiger partial charge is 0.465 e. The Hall–Kier alpha value is -2.17. The van der Waals surface area contributed by atoms with Crippen molar-refractivity contribution >= 4 is 17.7 Å². The van der Waals surface area contributed by atoms with Crippen LogP contribution in [-0.2, 0) is 25.7 Å². The molecule has 1 aromatic rings. The highest BCUT2D eigenvalue weighted by Crippen LogP contribution is 2.38. The average Bonchev–Trinajstić information content (AvgIpc) is 2.55. The van der Waals surface area contributed by atoms with Gasteiger partial charge in [0.25, 0.3) is 0 Å². The van der Waals surface area contributed by atoms with Gasteiger partial charge in [0.05, 0.1) is 6.61 Å². The standard InChI is InChI=1S/C18H21NO4/c1-2-23-18(22)16-14-10-13(8-9-15(14)20)19(17(16)21)11-12-6-4-3-5-7-12/h3-7,13-14,16H,2,8-11H2,1H3. The molecule has 1 amide bonds. The van der Waals surface area contributed by atoms with Crippen molar-refractivity contribution in [3.8, 4) is 0 Å². The molecule has 3 rings (SSSR count). The van der Waals surface area contributed by atoms with Gasteiger partial charge in [0.2, 0.25) is 5.91 Å². The number of carbonyl (C=O) groups excluding carboxylic acids is 3. The summed E-state index contributed by atoms with van der Waals surface area (Å²) in [6.45, 7) is 2.39. The lowest BCUT2D eigenvalue weighted by molar-refractivity contribution is -0.169. The van der Waals surface area contributed by atoms with E-state index in [1.807, 2.05) is 30.3 Å². The summed E-state index contributed by atoms with van der Waals surface area (Å²) in [5, 5.41) is 0. The van der Waals surface area contributed by atoms with E-state index in [4.69, 9.17) is 4.74 Å². The zero-order valence-electron chi connectivity index (χ0n) is 13.2. The minimum atomic E-state index is -0.970. The maximum Gasteiger partial charge on any atom is 0.319 e. The molecule has 0 radical (unpaired) electrons. The predicted molar refractivity (Wildman–Crippen MR) is 83.3 cm³/mol. The van der Waals surface area contributed by atoms with Crippen LogP contribution in [0.1, 0.15) is 31.7 Å². The van der Waals surface area contributed by atoms with Gasteiger partial charge in [-0.05, 0) is 25.3 Å². The lowest BCUT2D eigenvalue weighted by Crippen LogP contribution is -2.57. The molecule has 5 heteroatoms. The topological polar surface area (TPSA) is 63.7 Å². The van der Waals surface area contributed by atoms with E-state index in [9.17, 15) is 14.4 Å². The second-order valence-electron chi connectivity index (χ2n) is 6.18. The van der Waals surface area contributed by atoms with Gasteiger partial charge in [-0.1, -0.05) is 30.3 Å². The lowest BCUT2D eigenvalue weighted by Gasteiger charge is -2.45. The lowest BCUT2D eigenvalue weighted by atomic mass is 9.72. The van der Waals surface area contributed by atoms with Crippen LogP contribution < -0.4 is 0 Å². The summed E-state index contributed by atoms with van der Waals surface area (Å²) in [6.07, 6.45) is 1.69. The van der Waals surface area contributed by atoms with Crippen LogP contribution in [0.25, 0.3) is 0 Å². The summed E-state index contributed by atoms with van der Waals surface area (Å²) in [5.41, 5.74) is 1.03. The van der Waals surface area contributed by atoms with Crippen molar-refractivity contribution in [1.82, 2.24) is 4.90 Å². The Labute approximate surface area is 135 Å². The molecule has 122 valence electrons. The van der Waals surface area contributed by atoms with Crippen LogP contribution in [0.2, 0.25) is 0 Å². The molecular formula is C18H21NO4. The molecule has 0 N–H and O–H groups in total. The Bertz CT molecular complexity index is 613. The molecular weight excluding hydrogens is 294 g/mol. The van der Waals surface area contributed by atoms with Crippen molar-refractivity contribution in [2.45, 2.75) is 38.8 Å². The summed E-state index contributed by atoms with van der Waals surface area (Å²) >= 11 is 0. The van der Waals surface area contributed by atoms with Crippen LogP contribution in [0.4, 0.5) is 0 Å². The van der Waals surface area contributed by atoms with Crippen LogP contribution >= 0.6 is 0 Å². The number of esters is 1.